The van der Waals surface area contributed by atoms with Gasteiger partial charge in [0.15, 0.2) is 0 Å². The monoisotopic (exact) mass is 222 g/mol. The summed E-state index contributed by atoms with van der Waals surface area (Å²) in [4.78, 5) is 2.18. The fourth-order valence-corrected chi connectivity index (χ4v) is 1.72. The average Bonchev–Trinajstić information content (AvgIpc) is 2.26. The number of ether oxygens (including phenoxy) is 1. The van der Waals surface area contributed by atoms with Crippen LogP contribution in [0.1, 0.15) is 18.5 Å². The molecule has 1 atom stereocenters. The highest BCUT2D eigenvalue weighted by atomic mass is 16.5. The molecule has 3 heteroatoms. The summed E-state index contributed by atoms with van der Waals surface area (Å²) in [5, 5.41) is 3.32. The first kappa shape index (κ1) is 13.0. The molecule has 90 valence electrons. The predicted molar refractivity (Wildman–Crippen MR) is 68.0 cm³/mol. The van der Waals surface area contributed by atoms with Crippen molar-refractivity contribution < 1.29 is 4.74 Å². The van der Waals surface area contributed by atoms with Gasteiger partial charge in [-0.05, 0) is 45.8 Å². The molecule has 0 saturated carbocycles. The van der Waals surface area contributed by atoms with E-state index >= 15 is 0 Å². The second-order valence-corrected chi connectivity index (χ2v) is 4.11. The number of nitrogens with one attached hydrogen (secondary N) is 1. The maximum absolute atomic E-state index is 5.50. The first-order chi connectivity index (χ1) is 7.67. The molecule has 16 heavy (non-hydrogen) atoms. The van der Waals surface area contributed by atoms with Gasteiger partial charge in [-0.2, -0.15) is 0 Å². The molecule has 0 fully saturated rings. The lowest BCUT2D eigenvalue weighted by molar-refractivity contribution is 0.335. The lowest BCUT2D eigenvalue weighted by atomic mass is 10.1. The molecule has 1 N–H and O–H groups in total. The average molecular weight is 222 g/mol. The standard InChI is InChI=1S/C13H22N2O/c1-5-16-12-8-6-7-11(9-12)13(14-2)10-15(3)4/h6-9,13-14H,5,10H2,1-4H3. The maximum Gasteiger partial charge on any atom is 0.119 e. The molecule has 0 amide bonds. The van der Waals surface area contributed by atoms with E-state index in [1.807, 2.05) is 26.1 Å². The quantitative estimate of drug-likeness (QED) is 0.795. The van der Waals surface area contributed by atoms with Gasteiger partial charge in [0.1, 0.15) is 5.75 Å². The Hall–Kier alpha value is -1.06. The molecule has 0 aromatic heterocycles. The van der Waals surface area contributed by atoms with E-state index in [0.717, 1.165) is 12.3 Å². The smallest absolute Gasteiger partial charge is 0.119 e. The third-order valence-electron chi connectivity index (χ3n) is 2.47. The Kier molecular flexibility index (Phi) is 5.29. The summed E-state index contributed by atoms with van der Waals surface area (Å²) < 4.78 is 5.50. The van der Waals surface area contributed by atoms with Crippen LogP contribution in [0.25, 0.3) is 0 Å². The zero-order chi connectivity index (χ0) is 12.0. The number of benzene rings is 1. The van der Waals surface area contributed by atoms with Gasteiger partial charge in [0, 0.05) is 12.6 Å². The maximum atomic E-state index is 5.50. The minimum atomic E-state index is 0.343. The summed E-state index contributed by atoms with van der Waals surface area (Å²) >= 11 is 0. The van der Waals surface area contributed by atoms with E-state index in [1.54, 1.807) is 0 Å². The Morgan fingerprint density at radius 2 is 2.12 bits per heavy atom. The fourth-order valence-electron chi connectivity index (χ4n) is 1.72. The van der Waals surface area contributed by atoms with Gasteiger partial charge in [-0.15, -0.1) is 0 Å². The molecule has 0 spiro atoms. The van der Waals surface area contributed by atoms with Crippen molar-refractivity contribution in [1.82, 2.24) is 10.2 Å². The van der Waals surface area contributed by atoms with Gasteiger partial charge in [0.05, 0.1) is 6.61 Å². The van der Waals surface area contributed by atoms with Gasteiger partial charge in [-0.1, -0.05) is 12.1 Å². The molecule has 0 aliphatic carbocycles. The van der Waals surface area contributed by atoms with Crippen molar-refractivity contribution in [3.8, 4) is 5.75 Å². The van der Waals surface area contributed by atoms with Crippen LogP contribution in [-0.2, 0) is 0 Å². The number of rotatable bonds is 6. The van der Waals surface area contributed by atoms with Crippen LogP contribution in [0.2, 0.25) is 0 Å². The van der Waals surface area contributed by atoms with E-state index in [4.69, 9.17) is 4.74 Å². The Labute approximate surface area is 98.4 Å². The van der Waals surface area contributed by atoms with Crippen molar-refractivity contribution in [3.05, 3.63) is 29.8 Å². The SMILES string of the molecule is CCOc1cccc(C(CN(C)C)NC)c1. The van der Waals surface area contributed by atoms with Gasteiger partial charge >= 0.3 is 0 Å². The molecule has 1 rings (SSSR count). The van der Waals surface area contributed by atoms with Crippen LogP contribution >= 0.6 is 0 Å². The van der Waals surface area contributed by atoms with Crippen LogP contribution in [0.3, 0.4) is 0 Å². The van der Waals surface area contributed by atoms with E-state index in [1.165, 1.54) is 5.56 Å². The molecule has 3 nitrogen and oxygen atoms in total. The van der Waals surface area contributed by atoms with Crippen LogP contribution in [-0.4, -0.2) is 39.2 Å². The van der Waals surface area contributed by atoms with Crippen LogP contribution in [0, 0.1) is 0 Å². The van der Waals surface area contributed by atoms with Crippen molar-refractivity contribution >= 4 is 0 Å². The fraction of sp³-hybridized carbons (Fsp3) is 0.538. The molecular weight excluding hydrogens is 200 g/mol. The highest BCUT2D eigenvalue weighted by Gasteiger charge is 2.10. The molecule has 0 aliphatic heterocycles. The number of hydrogen-bond acceptors (Lipinski definition) is 3. The van der Waals surface area contributed by atoms with E-state index in [-0.39, 0.29) is 0 Å². The van der Waals surface area contributed by atoms with Gasteiger partial charge in [-0.25, -0.2) is 0 Å². The van der Waals surface area contributed by atoms with Crippen molar-refractivity contribution in [3.63, 3.8) is 0 Å². The zero-order valence-corrected chi connectivity index (χ0v) is 10.7. The Balaban J connectivity index is 2.79. The minimum absolute atomic E-state index is 0.343. The Bertz CT molecular complexity index is 313. The number of nitrogens with zero attached hydrogens (tertiary/aromatic N) is 1. The molecule has 0 heterocycles. The minimum Gasteiger partial charge on any atom is -0.494 e. The van der Waals surface area contributed by atoms with Crippen molar-refractivity contribution in [2.24, 2.45) is 0 Å². The third kappa shape index (κ3) is 3.83. The first-order valence-electron chi connectivity index (χ1n) is 5.72. The van der Waals surface area contributed by atoms with Gasteiger partial charge < -0.3 is 15.0 Å². The molecule has 0 bridgehead atoms. The van der Waals surface area contributed by atoms with E-state index in [2.05, 4.69) is 36.4 Å². The largest absolute Gasteiger partial charge is 0.494 e. The molecule has 1 unspecified atom stereocenters. The topological polar surface area (TPSA) is 24.5 Å². The number of likely N-dealkylation sites (N-methyl/N-ethyl adjacent to an activating group) is 2. The van der Waals surface area contributed by atoms with Crippen LogP contribution in [0.4, 0.5) is 0 Å². The van der Waals surface area contributed by atoms with Crippen molar-refractivity contribution in [2.45, 2.75) is 13.0 Å². The summed E-state index contributed by atoms with van der Waals surface area (Å²) in [6.45, 7) is 3.69. The summed E-state index contributed by atoms with van der Waals surface area (Å²) in [6, 6.07) is 8.62. The lowest BCUT2D eigenvalue weighted by Crippen LogP contribution is -2.28. The molecule has 0 radical (unpaired) electrons. The second kappa shape index (κ2) is 6.51. The predicted octanol–water partition coefficient (Wildman–Crippen LogP) is 1.91. The van der Waals surface area contributed by atoms with E-state index in [0.29, 0.717) is 12.6 Å². The van der Waals surface area contributed by atoms with Gasteiger partial charge in [0.2, 0.25) is 0 Å². The Morgan fingerprint density at radius 1 is 1.38 bits per heavy atom. The zero-order valence-electron chi connectivity index (χ0n) is 10.7. The summed E-state index contributed by atoms with van der Waals surface area (Å²) in [5.41, 5.74) is 1.27. The van der Waals surface area contributed by atoms with Gasteiger partial charge in [-0.3, -0.25) is 0 Å². The molecule has 1 aromatic carbocycles. The highest BCUT2D eigenvalue weighted by Crippen LogP contribution is 2.19. The van der Waals surface area contributed by atoms with Crippen LogP contribution < -0.4 is 10.1 Å². The van der Waals surface area contributed by atoms with Crippen LogP contribution in [0.15, 0.2) is 24.3 Å². The Morgan fingerprint density at radius 3 is 2.69 bits per heavy atom. The first-order valence-corrected chi connectivity index (χ1v) is 5.72. The third-order valence-corrected chi connectivity index (χ3v) is 2.47. The molecule has 0 saturated heterocycles. The summed E-state index contributed by atoms with van der Waals surface area (Å²) in [7, 11) is 6.15. The second-order valence-electron chi connectivity index (χ2n) is 4.11. The summed E-state index contributed by atoms with van der Waals surface area (Å²) in [5.74, 6) is 0.944. The molecular formula is C13H22N2O. The molecule has 1 aromatic rings. The van der Waals surface area contributed by atoms with E-state index < -0.39 is 0 Å². The highest BCUT2D eigenvalue weighted by molar-refractivity contribution is 5.30. The summed E-state index contributed by atoms with van der Waals surface area (Å²) in [6.07, 6.45) is 0. The van der Waals surface area contributed by atoms with Crippen LogP contribution in [0.5, 0.6) is 5.75 Å². The van der Waals surface area contributed by atoms with Gasteiger partial charge in [0.25, 0.3) is 0 Å². The van der Waals surface area contributed by atoms with Crippen molar-refractivity contribution in [2.75, 3.05) is 34.3 Å². The lowest BCUT2D eigenvalue weighted by Gasteiger charge is -2.21. The normalized spacial score (nSPS) is 12.8. The molecule has 0 aliphatic rings. The van der Waals surface area contributed by atoms with E-state index in [9.17, 15) is 0 Å². The number of hydrogen-bond donors (Lipinski definition) is 1. The van der Waals surface area contributed by atoms with Crippen molar-refractivity contribution in [1.29, 1.82) is 0 Å².